The first-order valence-electron chi connectivity index (χ1n) is 35.8. The highest BCUT2D eigenvalue weighted by Gasteiger charge is 2.55. The lowest BCUT2D eigenvalue weighted by molar-refractivity contribution is 0.668. The molecule has 478 valence electrons. The fourth-order valence-electron chi connectivity index (χ4n) is 20.0. The third kappa shape index (κ3) is 7.28. The summed E-state index contributed by atoms with van der Waals surface area (Å²) in [6, 6.07) is 132. The standard InChI is InChI=1S/C62H37NO.C37H23NO/c1-8-23-49-40(16-1)41-17-2-9-24-50(41)61(49)53-27-12-5-20-44(53)46-34-32-38(36-55(46)61)63(57-29-15-31-59-60(57)48-22-7-14-30-58(48)64-59)39-33-35-47-45-21-6-13-28-54(45)62(56(47)37-39)51-25-10-3-18-42(51)43-19-4-11-26-52(43)62;1-5-14-29-24(10-1)25-11-2-6-15-30(25)37(29)31-16-7-3-12-26(31)27-21-20-23(22-32(27)37)38-33-17-9-19-35-36(33)28-13-4-8-18-34(28)39-35/h1-37H;1-22,38H. The molecule has 1 N–H and O–H groups in total. The van der Waals surface area contributed by atoms with Gasteiger partial charge in [-0.15, -0.1) is 0 Å². The van der Waals surface area contributed by atoms with E-state index in [4.69, 9.17) is 8.83 Å². The zero-order chi connectivity index (χ0) is 67.3. The summed E-state index contributed by atoms with van der Waals surface area (Å²) in [5.41, 5.74) is 39.3. The van der Waals surface area contributed by atoms with Crippen LogP contribution >= 0.6 is 0 Å². The molecule has 0 saturated carbocycles. The van der Waals surface area contributed by atoms with Crippen molar-refractivity contribution in [3.05, 3.63) is 425 Å². The molecule has 0 saturated heterocycles. The van der Waals surface area contributed by atoms with E-state index in [-0.39, 0.29) is 5.41 Å². The van der Waals surface area contributed by atoms with Gasteiger partial charge < -0.3 is 19.1 Å². The van der Waals surface area contributed by atoms with Gasteiger partial charge in [-0.1, -0.05) is 285 Å². The molecule has 103 heavy (non-hydrogen) atoms. The Labute approximate surface area is 595 Å². The van der Waals surface area contributed by atoms with Crippen molar-refractivity contribution in [1.82, 2.24) is 0 Å². The molecule has 16 aromatic carbocycles. The smallest absolute Gasteiger partial charge is 0.137 e. The lowest BCUT2D eigenvalue weighted by atomic mass is 9.70. The predicted octanol–water partition coefficient (Wildman–Crippen LogP) is 25.4. The fraction of sp³-hybridized carbons (Fsp3) is 0.0303. The van der Waals surface area contributed by atoms with Crippen LogP contribution < -0.4 is 10.2 Å². The van der Waals surface area contributed by atoms with Gasteiger partial charge >= 0.3 is 0 Å². The van der Waals surface area contributed by atoms with Gasteiger partial charge in [0.05, 0.1) is 38.4 Å². The molecule has 24 rings (SSSR count). The van der Waals surface area contributed by atoms with Gasteiger partial charge in [0.2, 0.25) is 0 Å². The number of anilines is 5. The number of hydrogen-bond donors (Lipinski definition) is 1. The zero-order valence-corrected chi connectivity index (χ0v) is 55.8. The Bertz CT molecular complexity index is 6330. The van der Waals surface area contributed by atoms with Gasteiger partial charge in [0.1, 0.15) is 22.3 Å². The van der Waals surface area contributed by atoms with E-state index in [1.165, 1.54) is 134 Å². The van der Waals surface area contributed by atoms with Crippen molar-refractivity contribution in [3.8, 4) is 66.8 Å². The Morgan fingerprint density at radius 1 is 0.214 bits per heavy atom. The number of benzene rings is 16. The monoisotopic (exact) mass is 1310 g/mol. The van der Waals surface area contributed by atoms with Crippen LogP contribution in [-0.2, 0) is 16.2 Å². The van der Waals surface area contributed by atoms with Crippen LogP contribution in [0, 0.1) is 0 Å². The Hall–Kier alpha value is -13.3. The van der Waals surface area contributed by atoms with Gasteiger partial charge in [0.25, 0.3) is 0 Å². The second-order valence-corrected chi connectivity index (χ2v) is 28.4. The lowest BCUT2D eigenvalue weighted by Gasteiger charge is -2.33. The average Bonchev–Trinajstić information content (AvgIpc) is 1.52. The quantitative estimate of drug-likeness (QED) is 0.186. The number of nitrogens with zero attached hydrogens (tertiary/aromatic N) is 1. The molecular formula is C99H60N2O2. The normalized spacial score (nSPS) is 14.3. The molecule has 0 aliphatic heterocycles. The van der Waals surface area contributed by atoms with Gasteiger partial charge in [-0.2, -0.15) is 0 Å². The highest BCUT2D eigenvalue weighted by atomic mass is 16.3. The summed E-state index contributed by atoms with van der Waals surface area (Å²) in [6.07, 6.45) is 0. The van der Waals surface area contributed by atoms with Crippen LogP contribution in [0.3, 0.4) is 0 Å². The first kappa shape index (κ1) is 56.6. The highest BCUT2D eigenvalue weighted by molar-refractivity contribution is 6.15. The molecule has 4 nitrogen and oxygen atoms in total. The van der Waals surface area contributed by atoms with E-state index in [0.29, 0.717) is 0 Å². The number of para-hydroxylation sites is 2. The maximum atomic E-state index is 6.63. The summed E-state index contributed by atoms with van der Waals surface area (Å²) >= 11 is 0. The number of rotatable bonds is 5. The molecule has 2 heterocycles. The van der Waals surface area contributed by atoms with Gasteiger partial charge in [-0.3, -0.25) is 0 Å². The molecule has 0 unspecified atom stereocenters. The van der Waals surface area contributed by atoms with E-state index >= 15 is 0 Å². The zero-order valence-electron chi connectivity index (χ0n) is 55.8. The molecule has 18 aromatic rings. The van der Waals surface area contributed by atoms with E-state index in [9.17, 15) is 0 Å². The van der Waals surface area contributed by atoms with Crippen molar-refractivity contribution in [2.75, 3.05) is 10.2 Å². The number of nitrogens with one attached hydrogen (secondary N) is 1. The topological polar surface area (TPSA) is 41.6 Å². The maximum absolute atomic E-state index is 6.63. The highest BCUT2D eigenvalue weighted by Crippen LogP contribution is 2.67. The van der Waals surface area contributed by atoms with Crippen molar-refractivity contribution in [2.24, 2.45) is 0 Å². The summed E-state index contributed by atoms with van der Waals surface area (Å²) in [4.78, 5) is 2.51. The van der Waals surface area contributed by atoms with Crippen LogP contribution in [0.25, 0.3) is 111 Å². The Kier molecular flexibility index (Phi) is 11.5. The summed E-state index contributed by atoms with van der Waals surface area (Å²) in [6.45, 7) is 0. The maximum Gasteiger partial charge on any atom is 0.137 e. The molecule has 6 aliphatic carbocycles. The SMILES string of the molecule is c1ccc2c(c1)-c1ccccc1C21c2ccccc2-c2ccc(N(c3ccc4c(c3)C3(c5ccccc5-c5ccccc53)c3ccccc3-4)c3cccc4oc5ccccc5c34)cc21.c1ccc2c(c1)-c1ccccc1C21c2ccccc2-c2ccc(Nc3cccc4oc5ccccc5c34)cc21. The number of furan rings is 2. The minimum atomic E-state index is -0.476. The Balaban J connectivity index is 0.000000142. The summed E-state index contributed by atoms with van der Waals surface area (Å²) in [7, 11) is 0. The average molecular weight is 1310 g/mol. The van der Waals surface area contributed by atoms with Gasteiger partial charge in [-0.25, -0.2) is 0 Å². The van der Waals surface area contributed by atoms with Crippen LogP contribution in [0.5, 0.6) is 0 Å². The first-order chi connectivity index (χ1) is 51.1. The van der Waals surface area contributed by atoms with Crippen LogP contribution in [0.4, 0.5) is 28.4 Å². The molecule has 0 atom stereocenters. The van der Waals surface area contributed by atoms with Crippen LogP contribution in [-0.4, -0.2) is 0 Å². The van der Waals surface area contributed by atoms with Crippen molar-refractivity contribution < 1.29 is 8.83 Å². The molecule has 0 radical (unpaired) electrons. The largest absolute Gasteiger partial charge is 0.456 e. The van der Waals surface area contributed by atoms with E-state index in [0.717, 1.165) is 72.3 Å². The van der Waals surface area contributed by atoms with Crippen LogP contribution in [0.15, 0.2) is 367 Å². The molecule has 2 aromatic heterocycles. The second-order valence-electron chi connectivity index (χ2n) is 28.4. The summed E-state index contributed by atoms with van der Waals surface area (Å²) in [5.74, 6) is 0. The van der Waals surface area contributed by atoms with E-state index < -0.39 is 10.8 Å². The Morgan fingerprint density at radius 2 is 0.495 bits per heavy atom. The predicted molar refractivity (Wildman–Crippen MR) is 421 cm³/mol. The van der Waals surface area contributed by atoms with Gasteiger partial charge in [0, 0.05) is 27.8 Å². The molecule has 0 bridgehead atoms. The van der Waals surface area contributed by atoms with E-state index in [1.807, 2.05) is 18.2 Å². The number of hydrogen-bond acceptors (Lipinski definition) is 4. The summed E-state index contributed by atoms with van der Waals surface area (Å²) < 4.78 is 12.8. The van der Waals surface area contributed by atoms with E-state index in [1.54, 1.807) is 0 Å². The van der Waals surface area contributed by atoms with E-state index in [2.05, 4.69) is 350 Å². The molecule has 6 aliphatic rings. The molecular weight excluding hydrogens is 1250 g/mol. The van der Waals surface area contributed by atoms with Gasteiger partial charge in [0.15, 0.2) is 0 Å². The second kappa shape index (κ2) is 20.9. The molecule has 0 fully saturated rings. The fourth-order valence-corrected chi connectivity index (χ4v) is 20.0. The minimum Gasteiger partial charge on any atom is -0.456 e. The van der Waals surface area contributed by atoms with Crippen LogP contribution in [0.2, 0.25) is 0 Å². The number of fused-ring (bicyclic) bond motifs is 36. The lowest BCUT2D eigenvalue weighted by Crippen LogP contribution is -2.26. The van der Waals surface area contributed by atoms with Crippen LogP contribution in [0.1, 0.15) is 66.8 Å². The first-order valence-corrected chi connectivity index (χ1v) is 35.8. The molecule has 4 heteroatoms. The molecule has 0 amide bonds. The molecule has 3 spiro atoms. The third-order valence-corrected chi connectivity index (χ3v) is 23.8. The third-order valence-electron chi connectivity index (χ3n) is 23.8. The van der Waals surface area contributed by atoms with Gasteiger partial charge in [-0.05, 0) is 206 Å². The minimum absolute atomic E-state index is 0.342. The van der Waals surface area contributed by atoms with Crippen molar-refractivity contribution in [1.29, 1.82) is 0 Å². The summed E-state index contributed by atoms with van der Waals surface area (Å²) in [5, 5.41) is 8.22. The van der Waals surface area contributed by atoms with Crippen molar-refractivity contribution in [2.45, 2.75) is 16.2 Å². The van der Waals surface area contributed by atoms with Crippen molar-refractivity contribution in [3.63, 3.8) is 0 Å². The Morgan fingerprint density at radius 3 is 0.874 bits per heavy atom. The van der Waals surface area contributed by atoms with Crippen molar-refractivity contribution >= 4 is 72.3 Å².